The molecule has 2 rings (SSSR count). The van der Waals surface area contributed by atoms with Crippen LogP contribution >= 0.6 is 11.8 Å². The average Bonchev–Trinajstić information content (AvgIpc) is 2.95. The van der Waals surface area contributed by atoms with Crippen LogP contribution < -0.4 is 5.32 Å². The largest absolute Gasteiger partial charge is 0.444 e. The van der Waals surface area contributed by atoms with E-state index in [2.05, 4.69) is 39.6 Å². The van der Waals surface area contributed by atoms with Gasteiger partial charge in [-0.15, -0.1) is 11.8 Å². The lowest BCUT2D eigenvalue weighted by molar-refractivity contribution is 0.0506. The van der Waals surface area contributed by atoms with Gasteiger partial charge in [0, 0.05) is 4.90 Å². The molecule has 0 aliphatic heterocycles. The SMILES string of the molecule is CSc1ccc(-c2cnc([C@H](C)NC(=O)OC(C)(C)C)[nH]2)cc1. The van der Waals surface area contributed by atoms with E-state index in [-0.39, 0.29) is 6.04 Å². The highest BCUT2D eigenvalue weighted by atomic mass is 32.2. The van der Waals surface area contributed by atoms with Crippen LogP contribution in [-0.2, 0) is 4.74 Å². The lowest BCUT2D eigenvalue weighted by Gasteiger charge is -2.21. The zero-order valence-corrected chi connectivity index (χ0v) is 15.0. The van der Waals surface area contributed by atoms with Gasteiger partial charge in [-0.3, -0.25) is 0 Å². The van der Waals surface area contributed by atoms with Crippen molar-refractivity contribution in [2.24, 2.45) is 0 Å². The van der Waals surface area contributed by atoms with Crippen LogP contribution in [0.5, 0.6) is 0 Å². The highest BCUT2D eigenvalue weighted by molar-refractivity contribution is 7.98. The lowest BCUT2D eigenvalue weighted by atomic mass is 10.2. The maximum Gasteiger partial charge on any atom is 0.408 e. The summed E-state index contributed by atoms with van der Waals surface area (Å²) in [6.45, 7) is 7.37. The molecule has 6 heteroatoms. The Bertz CT molecular complexity index is 659. The first-order valence-electron chi connectivity index (χ1n) is 7.47. The van der Waals surface area contributed by atoms with Gasteiger partial charge in [-0.1, -0.05) is 12.1 Å². The summed E-state index contributed by atoms with van der Waals surface area (Å²) in [5.41, 5.74) is 1.47. The van der Waals surface area contributed by atoms with Crippen LogP contribution in [0.2, 0.25) is 0 Å². The first kappa shape index (κ1) is 17.4. The van der Waals surface area contributed by atoms with E-state index in [1.807, 2.05) is 34.0 Å². The molecule has 0 radical (unpaired) electrons. The maximum absolute atomic E-state index is 11.8. The van der Waals surface area contributed by atoms with Crippen molar-refractivity contribution in [2.45, 2.75) is 44.2 Å². The first-order valence-corrected chi connectivity index (χ1v) is 8.70. The van der Waals surface area contributed by atoms with Gasteiger partial charge in [0.2, 0.25) is 0 Å². The molecule has 2 aromatic rings. The monoisotopic (exact) mass is 333 g/mol. The van der Waals surface area contributed by atoms with Crippen LogP contribution in [0.15, 0.2) is 35.4 Å². The van der Waals surface area contributed by atoms with Gasteiger partial charge in [-0.05, 0) is 51.6 Å². The Kier molecular flexibility index (Phi) is 5.36. The van der Waals surface area contributed by atoms with Gasteiger partial charge in [0.25, 0.3) is 0 Å². The highest BCUT2D eigenvalue weighted by Crippen LogP contribution is 2.23. The number of benzene rings is 1. The van der Waals surface area contributed by atoms with Crippen molar-refractivity contribution in [2.75, 3.05) is 6.26 Å². The summed E-state index contributed by atoms with van der Waals surface area (Å²) in [6.07, 6.45) is 3.37. The number of hydrogen-bond acceptors (Lipinski definition) is 4. The van der Waals surface area contributed by atoms with E-state index >= 15 is 0 Å². The summed E-state index contributed by atoms with van der Waals surface area (Å²) < 4.78 is 5.25. The van der Waals surface area contributed by atoms with Gasteiger partial charge < -0.3 is 15.0 Å². The van der Waals surface area contributed by atoms with E-state index in [4.69, 9.17) is 4.74 Å². The molecule has 0 saturated carbocycles. The second kappa shape index (κ2) is 7.08. The minimum Gasteiger partial charge on any atom is -0.444 e. The molecule has 1 atom stereocenters. The number of amides is 1. The van der Waals surface area contributed by atoms with Crippen molar-refractivity contribution >= 4 is 17.9 Å². The highest BCUT2D eigenvalue weighted by Gasteiger charge is 2.19. The van der Waals surface area contributed by atoms with E-state index in [1.165, 1.54) is 4.90 Å². The van der Waals surface area contributed by atoms with Gasteiger partial charge in [-0.2, -0.15) is 0 Å². The van der Waals surface area contributed by atoms with Crippen molar-refractivity contribution in [1.29, 1.82) is 0 Å². The lowest BCUT2D eigenvalue weighted by Crippen LogP contribution is -2.34. The first-order chi connectivity index (χ1) is 10.8. The third-order valence-corrected chi connectivity index (χ3v) is 3.88. The number of rotatable bonds is 4. The molecule has 0 aliphatic rings. The summed E-state index contributed by atoms with van der Waals surface area (Å²) in [5, 5.41) is 2.78. The van der Waals surface area contributed by atoms with Crippen LogP contribution in [-0.4, -0.2) is 27.9 Å². The summed E-state index contributed by atoms with van der Waals surface area (Å²) in [5.74, 6) is 0.694. The number of imidazole rings is 1. The van der Waals surface area contributed by atoms with Crippen molar-refractivity contribution in [3.8, 4) is 11.3 Å². The quantitative estimate of drug-likeness (QED) is 0.815. The van der Waals surface area contributed by atoms with E-state index in [1.54, 1.807) is 18.0 Å². The number of carbonyl (C=O) groups excluding carboxylic acids is 1. The number of thioether (sulfide) groups is 1. The molecule has 5 nitrogen and oxygen atoms in total. The molecule has 1 aromatic carbocycles. The van der Waals surface area contributed by atoms with Crippen LogP contribution in [0.3, 0.4) is 0 Å². The second-order valence-electron chi connectivity index (χ2n) is 6.28. The summed E-state index contributed by atoms with van der Waals surface area (Å²) in [4.78, 5) is 20.6. The van der Waals surface area contributed by atoms with Crippen LogP contribution in [0.4, 0.5) is 4.79 Å². The fourth-order valence-electron chi connectivity index (χ4n) is 2.03. The number of hydrogen-bond donors (Lipinski definition) is 2. The van der Waals surface area contributed by atoms with Crippen molar-refractivity contribution in [3.05, 3.63) is 36.3 Å². The summed E-state index contributed by atoms with van der Waals surface area (Å²) >= 11 is 1.71. The van der Waals surface area contributed by atoms with Gasteiger partial charge in [-0.25, -0.2) is 9.78 Å². The van der Waals surface area contributed by atoms with Gasteiger partial charge in [0.15, 0.2) is 0 Å². The number of nitrogens with one attached hydrogen (secondary N) is 2. The van der Waals surface area contributed by atoms with Crippen LogP contribution in [0.25, 0.3) is 11.3 Å². The number of carbonyl (C=O) groups is 1. The molecule has 0 bridgehead atoms. The Hall–Kier alpha value is -1.95. The molecule has 2 N–H and O–H groups in total. The Morgan fingerprint density at radius 1 is 1.30 bits per heavy atom. The minimum atomic E-state index is -0.517. The molecule has 1 heterocycles. The van der Waals surface area contributed by atoms with Gasteiger partial charge in [0.1, 0.15) is 11.4 Å². The standard InChI is InChI=1S/C17H23N3O2S/c1-11(19-16(21)22-17(2,3)4)15-18-10-14(20-15)12-6-8-13(23-5)9-7-12/h6-11H,1-5H3,(H,18,20)(H,19,21)/t11-/m0/s1. The molecular formula is C17H23N3O2S. The minimum absolute atomic E-state index is 0.260. The molecular weight excluding hydrogens is 310 g/mol. The van der Waals surface area contributed by atoms with Gasteiger partial charge >= 0.3 is 6.09 Å². The molecule has 0 spiro atoms. The predicted octanol–water partition coefficient (Wildman–Crippen LogP) is 4.38. The molecule has 0 saturated heterocycles. The third-order valence-electron chi connectivity index (χ3n) is 3.14. The normalized spacial score (nSPS) is 12.7. The second-order valence-corrected chi connectivity index (χ2v) is 7.16. The number of aromatic amines is 1. The number of alkyl carbamates (subject to hydrolysis) is 1. The average molecular weight is 333 g/mol. The predicted molar refractivity (Wildman–Crippen MR) is 93.6 cm³/mol. The maximum atomic E-state index is 11.8. The molecule has 0 unspecified atom stereocenters. The number of H-pyrrole nitrogens is 1. The zero-order valence-electron chi connectivity index (χ0n) is 14.1. The smallest absolute Gasteiger partial charge is 0.408 e. The molecule has 124 valence electrons. The Balaban J connectivity index is 2.04. The zero-order chi connectivity index (χ0) is 17.0. The molecule has 0 fully saturated rings. The Labute approximate surface area is 141 Å². The van der Waals surface area contributed by atoms with E-state index < -0.39 is 11.7 Å². The fraction of sp³-hybridized carbons (Fsp3) is 0.412. The Morgan fingerprint density at radius 2 is 1.96 bits per heavy atom. The van der Waals surface area contributed by atoms with E-state index in [0.717, 1.165) is 11.3 Å². The van der Waals surface area contributed by atoms with Crippen molar-refractivity contribution in [3.63, 3.8) is 0 Å². The molecule has 0 aliphatic carbocycles. The van der Waals surface area contributed by atoms with E-state index in [9.17, 15) is 4.79 Å². The number of aromatic nitrogens is 2. The van der Waals surface area contributed by atoms with Crippen LogP contribution in [0, 0.1) is 0 Å². The Morgan fingerprint density at radius 3 is 2.52 bits per heavy atom. The number of nitrogens with zero attached hydrogens (tertiary/aromatic N) is 1. The van der Waals surface area contributed by atoms with Crippen molar-refractivity contribution < 1.29 is 9.53 Å². The third kappa shape index (κ3) is 5.03. The summed E-state index contributed by atoms with van der Waals surface area (Å²) in [7, 11) is 0. The molecule has 1 amide bonds. The molecule has 1 aromatic heterocycles. The van der Waals surface area contributed by atoms with E-state index in [0.29, 0.717) is 5.82 Å². The number of ether oxygens (including phenoxy) is 1. The summed E-state index contributed by atoms with van der Waals surface area (Å²) in [6, 6.07) is 7.99. The van der Waals surface area contributed by atoms with Gasteiger partial charge in [0.05, 0.1) is 17.9 Å². The fourth-order valence-corrected chi connectivity index (χ4v) is 2.43. The topological polar surface area (TPSA) is 67.0 Å². The molecule has 23 heavy (non-hydrogen) atoms. The van der Waals surface area contributed by atoms with Crippen LogP contribution in [0.1, 0.15) is 39.6 Å². The van der Waals surface area contributed by atoms with Crippen molar-refractivity contribution in [1.82, 2.24) is 15.3 Å².